The van der Waals surface area contributed by atoms with E-state index in [1.807, 2.05) is 0 Å². The summed E-state index contributed by atoms with van der Waals surface area (Å²) >= 11 is 0. The van der Waals surface area contributed by atoms with E-state index in [1.54, 1.807) is 62.5 Å². The van der Waals surface area contributed by atoms with E-state index in [1.165, 1.54) is 62.5 Å². The van der Waals surface area contributed by atoms with Crippen LogP contribution in [-0.2, 0) is 17.1 Å². The predicted octanol–water partition coefficient (Wildman–Crippen LogP) is 13.8. The standard InChI is InChI=1S/C40H49P.C5H10.2CH3.Fe/c1-27(41(38-25-28-19-21-32(38)23-28)39-26-29-20-22-33(39)24-29)34-17-10-18-35(34)36-15-8-9-16-37(36)40(30-11-4-2-5-12-30)31-13-6-3-7-14-31;1-2-4-5-3-1;;;/h2-9,11-16,27-29,32-35,38-40H,10,17-26H2,1H3;1-5H2;2*1H3;/q;;2*-1;+2/t27-,28?,29?,32?,33?,34?,35?,38?,39?,41?;;;;/m1..../s1. The molecule has 2 heteroatoms. The van der Waals surface area contributed by atoms with Crippen LogP contribution in [0.15, 0.2) is 84.9 Å². The van der Waals surface area contributed by atoms with Gasteiger partial charge in [-0.1, -0.05) is 151 Å². The SMILES string of the molecule is C1CCCC1.C[C@H](C1CCCC1c1ccccc1C(c1ccccc1)c1ccccc1)P(C1CC2CCC1C2)C1CC2CCC1C2.[CH3-].[CH3-].[Fe+2]. The maximum absolute atomic E-state index is 2.79. The van der Waals surface area contributed by atoms with Crippen molar-refractivity contribution in [1.82, 2.24) is 0 Å². The number of fused-ring (bicyclic) bond motifs is 4. The summed E-state index contributed by atoms with van der Waals surface area (Å²) in [6.45, 7) is 2.79. The summed E-state index contributed by atoms with van der Waals surface area (Å²) in [4.78, 5) is 0. The fourth-order valence-corrected chi connectivity index (χ4v) is 17.1. The smallest absolute Gasteiger partial charge is 0.358 e. The molecule has 6 aliphatic rings. The van der Waals surface area contributed by atoms with Crippen molar-refractivity contribution >= 4 is 7.92 Å². The van der Waals surface area contributed by atoms with Gasteiger partial charge in [-0.3, -0.25) is 0 Å². The number of hydrogen-bond donors (Lipinski definition) is 0. The molecular weight excluding hydrogens is 651 g/mol. The zero-order valence-corrected chi connectivity index (χ0v) is 33.0. The summed E-state index contributed by atoms with van der Waals surface area (Å²) in [5.74, 6) is 6.23. The third-order valence-corrected chi connectivity index (χ3v) is 18.2. The van der Waals surface area contributed by atoms with Crippen molar-refractivity contribution in [2.24, 2.45) is 29.6 Å². The molecule has 3 aromatic rings. The van der Waals surface area contributed by atoms with E-state index in [9.17, 15) is 0 Å². The summed E-state index contributed by atoms with van der Waals surface area (Å²) < 4.78 is 0. The minimum atomic E-state index is 0. The Hall–Kier alpha value is -1.39. The Morgan fingerprint density at radius 2 is 1.02 bits per heavy atom. The topological polar surface area (TPSA) is 0 Å². The van der Waals surface area contributed by atoms with Gasteiger partial charge in [0.2, 0.25) is 0 Å². The molecule has 9 rings (SSSR count). The van der Waals surface area contributed by atoms with Gasteiger partial charge in [0.25, 0.3) is 0 Å². The molecule has 0 spiro atoms. The van der Waals surface area contributed by atoms with Crippen molar-refractivity contribution in [2.75, 3.05) is 0 Å². The van der Waals surface area contributed by atoms with E-state index >= 15 is 0 Å². The molecule has 0 aromatic heterocycles. The largest absolute Gasteiger partial charge is 2.00 e. The van der Waals surface area contributed by atoms with Crippen molar-refractivity contribution in [3.8, 4) is 0 Å². The molecule has 6 fully saturated rings. The molecule has 0 saturated heterocycles. The predicted molar refractivity (Wildman–Crippen MR) is 211 cm³/mol. The summed E-state index contributed by atoms with van der Waals surface area (Å²) in [5, 5.41) is 0. The van der Waals surface area contributed by atoms with Gasteiger partial charge in [-0.05, 0) is 126 Å². The van der Waals surface area contributed by atoms with Gasteiger partial charge in [0, 0.05) is 5.92 Å². The summed E-state index contributed by atoms with van der Waals surface area (Å²) in [6, 6.07) is 32.3. The second-order valence-electron chi connectivity index (χ2n) is 16.5. The number of hydrogen-bond acceptors (Lipinski definition) is 0. The van der Waals surface area contributed by atoms with Gasteiger partial charge in [-0.15, -0.1) is 0 Å². The molecule has 6 aliphatic carbocycles. The second kappa shape index (κ2) is 17.9. The van der Waals surface area contributed by atoms with Crippen molar-refractivity contribution in [3.63, 3.8) is 0 Å². The molecule has 6 saturated carbocycles. The van der Waals surface area contributed by atoms with Gasteiger partial charge >= 0.3 is 17.1 Å². The molecule has 49 heavy (non-hydrogen) atoms. The van der Waals surface area contributed by atoms with Crippen LogP contribution in [0, 0.1) is 44.4 Å². The first-order chi connectivity index (χ1) is 22.7. The average Bonchev–Trinajstić information content (AvgIpc) is 3.97. The maximum Gasteiger partial charge on any atom is 2.00 e. The Labute approximate surface area is 313 Å². The number of benzene rings is 3. The first kappa shape index (κ1) is 38.8. The van der Waals surface area contributed by atoms with Crippen LogP contribution in [0.3, 0.4) is 0 Å². The Bertz CT molecular complexity index is 1320. The van der Waals surface area contributed by atoms with E-state index < -0.39 is 0 Å². The summed E-state index contributed by atoms with van der Waals surface area (Å²) in [5.41, 5.74) is 9.22. The van der Waals surface area contributed by atoms with Crippen LogP contribution in [0.2, 0.25) is 0 Å². The molecule has 0 aliphatic heterocycles. The second-order valence-corrected chi connectivity index (χ2v) is 19.6. The zero-order chi connectivity index (χ0) is 30.9. The maximum atomic E-state index is 2.79. The van der Waals surface area contributed by atoms with Gasteiger partial charge in [0.05, 0.1) is 0 Å². The van der Waals surface area contributed by atoms with Crippen LogP contribution in [0.5, 0.6) is 0 Å². The first-order valence-electron chi connectivity index (χ1n) is 19.7. The van der Waals surface area contributed by atoms with Crippen molar-refractivity contribution in [3.05, 3.63) is 122 Å². The molecule has 8 unspecified atom stereocenters. The first-order valence-corrected chi connectivity index (χ1v) is 21.3. The minimum Gasteiger partial charge on any atom is -0.358 e. The van der Waals surface area contributed by atoms with E-state index in [4.69, 9.17) is 0 Å². The van der Waals surface area contributed by atoms with Gasteiger partial charge in [-0.2, -0.15) is 0 Å². The monoisotopic (exact) mass is 716 g/mol. The fourth-order valence-electron chi connectivity index (χ4n) is 12.0. The molecule has 0 N–H and O–H groups in total. The molecule has 4 bridgehead atoms. The molecule has 3 aromatic carbocycles. The molecule has 0 amide bonds. The fraction of sp³-hybridized carbons (Fsp3) is 0.574. The third kappa shape index (κ3) is 8.16. The van der Waals surface area contributed by atoms with Gasteiger partial charge in [0.1, 0.15) is 0 Å². The van der Waals surface area contributed by atoms with Gasteiger partial charge < -0.3 is 14.9 Å². The van der Waals surface area contributed by atoms with E-state index in [2.05, 4.69) is 91.9 Å². The van der Waals surface area contributed by atoms with E-state index in [0.29, 0.717) is 5.92 Å². The van der Waals surface area contributed by atoms with Crippen LogP contribution in [0.1, 0.15) is 144 Å². The van der Waals surface area contributed by atoms with Crippen molar-refractivity contribution in [2.45, 2.75) is 138 Å². The minimum absolute atomic E-state index is 0. The van der Waals surface area contributed by atoms with E-state index in [0.717, 1.165) is 52.5 Å². The van der Waals surface area contributed by atoms with Crippen LogP contribution in [0.4, 0.5) is 0 Å². The quantitative estimate of drug-likeness (QED) is 0.0942. The average molecular weight is 717 g/mol. The molecule has 266 valence electrons. The van der Waals surface area contributed by atoms with Gasteiger partial charge in [0.15, 0.2) is 0 Å². The van der Waals surface area contributed by atoms with Gasteiger partial charge in [-0.25, -0.2) is 0 Å². The molecular formula is C47H65FeP. The molecule has 0 nitrogen and oxygen atoms in total. The Balaban J connectivity index is 0.000000540. The van der Waals surface area contributed by atoms with Crippen molar-refractivity contribution in [1.29, 1.82) is 0 Å². The third-order valence-electron chi connectivity index (χ3n) is 14.0. The van der Waals surface area contributed by atoms with Crippen LogP contribution in [-0.4, -0.2) is 17.0 Å². The Kier molecular flexibility index (Phi) is 14.2. The Morgan fingerprint density at radius 1 is 0.531 bits per heavy atom. The van der Waals surface area contributed by atoms with E-state index in [-0.39, 0.29) is 39.8 Å². The summed E-state index contributed by atoms with van der Waals surface area (Å²) in [7, 11) is 0.106. The molecule has 9 atom stereocenters. The summed E-state index contributed by atoms with van der Waals surface area (Å²) in [6.07, 6.45) is 24.4. The van der Waals surface area contributed by atoms with Crippen LogP contribution >= 0.6 is 7.92 Å². The van der Waals surface area contributed by atoms with Crippen molar-refractivity contribution < 1.29 is 17.1 Å². The zero-order valence-electron chi connectivity index (χ0n) is 31.0. The Morgan fingerprint density at radius 3 is 1.49 bits per heavy atom. The van der Waals surface area contributed by atoms with Crippen LogP contribution in [0.25, 0.3) is 0 Å². The molecule has 0 radical (unpaired) electrons. The number of rotatable bonds is 8. The molecule has 0 heterocycles. The van der Waals surface area contributed by atoms with Crippen LogP contribution < -0.4 is 0 Å². The normalized spacial score (nSPS) is 32.0.